The van der Waals surface area contributed by atoms with Gasteiger partial charge in [-0.25, -0.2) is 0 Å². The molecule has 3 heteroatoms. The summed E-state index contributed by atoms with van der Waals surface area (Å²) in [5.41, 5.74) is 0. The van der Waals surface area contributed by atoms with Crippen molar-refractivity contribution in [3.05, 3.63) is 12.7 Å². The second-order valence-corrected chi connectivity index (χ2v) is 4.73. The highest BCUT2D eigenvalue weighted by Crippen LogP contribution is 2.12. The number of nitrogens with zero attached hydrogens (tertiary/aromatic N) is 1. The predicted octanol–water partition coefficient (Wildman–Crippen LogP) is 1.94. The Morgan fingerprint density at radius 2 is 2.25 bits per heavy atom. The van der Waals surface area contributed by atoms with Crippen LogP contribution in [0, 0.1) is 0 Å². The molecule has 1 heterocycles. The third-order valence-electron chi connectivity index (χ3n) is 3.09. The molecule has 0 bridgehead atoms. The van der Waals surface area contributed by atoms with Gasteiger partial charge in [-0.1, -0.05) is 18.9 Å². The van der Waals surface area contributed by atoms with Crippen molar-refractivity contribution in [2.24, 2.45) is 0 Å². The summed E-state index contributed by atoms with van der Waals surface area (Å²) in [5, 5.41) is 3.35. The van der Waals surface area contributed by atoms with Gasteiger partial charge in [0, 0.05) is 12.6 Å². The van der Waals surface area contributed by atoms with Crippen molar-refractivity contribution < 1.29 is 4.79 Å². The summed E-state index contributed by atoms with van der Waals surface area (Å²) in [7, 11) is 0. The molecule has 1 aliphatic heterocycles. The Bertz CT molecular complexity index is 230. The molecule has 1 aliphatic rings. The molecule has 0 spiro atoms. The van der Waals surface area contributed by atoms with Gasteiger partial charge >= 0.3 is 0 Å². The molecule has 3 nitrogen and oxygen atoms in total. The van der Waals surface area contributed by atoms with E-state index in [0.717, 1.165) is 19.4 Å². The van der Waals surface area contributed by atoms with Crippen molar-refractivity contribution in [1.82, 2.24) is 10.2 Å². The van der Waals surface area contributed by atoms with Crippen LogP contribution in [0.3, 0.4) is 0 Å². The molecular weight excluding hydrogens is 200 g/mol. The minimum absolute atomic E-state index is 0.0184. The summed E-state index contributed by atoms with van der Waals surface area (Å²) in [4.78, 5) is 14.2. The number of amides is 1. The van der Waals surface area contributed by atoms with Crippen LogP contribution in [0.15, 0.2) is 12.7 Å². The summed E-state index contributed by atoms with van der Waals surface area (Å²) < 4.78 is 0. The summed E-state index contributed by atoms with van der Waals surface area (Å²) >= 11 is 0. The second-order valence-electron chi connectivity index (χ2n) is 4.73. The summed E-state index contributed by atoms with van der Waals surface area (Å²) in [6, 6.07) is 0.264. The highest BCUT2D eigenvalue weighted by atomic mass is 16.2. The van der Waals surface area contributed by atoms with Crippen LogP contribution >= 0.6 is 0 Å². The van der Waals surface area contributed by atoms with Crippen LogP contribution in [-0.2, 0) is 4.79 Å². The minimum Gasteiger partial charge on any atom is -0.335 e. The van der Waals surface area contributed by atoms with Gasteiger partial charge in [-0.3, -0.25) is 4.79 Å². The number of rotatable bonds is 4. The average Bonchev–Trinajstić information content (AvgIpc) is 2.53. The zero-order chi connectivity index (χ0) is 12.0. The first-order chi connectivity index (χ1) is 7.66. The zero-order valence-electron chi connectivity index (χ0n) is 10.5. The molecule has 16 heavy (non-hydrogen) atoms. The fourth-order valence-electron chi connectivity index (χ4n) is 2.13. The van der Waals surface area contributed by atoms with Gasteiger partial charge in [0.15, 0.2) is 0 Å². The number of hydrogen-bond acceptors (Lipinski definition) is 2. The quantitative estimate of drug-likeness (QED) is 0.740. The fourth-order valence-corrected chi connectivity index (χ4v) is 2.13. The third-order valence-corrected chi connectivity index (χ3v) is 3.09. The topological polar surface area (TPSA) is 32.3 Å². The first kappa shape index (κ1) is 13.2. The van der Waals surface area contributed by atoms with Gasteiger partial charge in [-0.05, 0) is 33.2 Å². The van der Waals surface area contributed by atoms with Crippen molar-refractivity contribution in [2.75, 3.05) is 13.1 Å². The van der Waals surface area contributed by atoms with Crippen LogP contribution in [-0.4, -0.2) is 36.0 Å². The van der Waals surface area contributed by atoms with Crippen LogP contribution in [0.1, 0.15) is 39.5 Å². The number of carbonyl (C=O) groups is 1. The predicted molar refractivity (Wildman–Crippen MR) is 67.3 cm³/mol. The molecule has 1 amide bonds. The maximum Gasteiger partial charge on any atom is 0.240 e. The monoisotopic (exact) mass is 224 g/mol. The highest BCUT2D eigenvalue weighted by molar-refractivity contribution is 5.82. The molecule has 0 saturated carbocycles. The van der Waals surface area contributed by atoms with E-state index in [9.17, 15) is 4.79 Å². The molecular formula is C13H24N2O. The normalized spacial score (nSPS) is 21.6. The van der Waals surface area contributed by atoms with E-state index < -0.39 is 0 Å². The van der Waals surface area contributed by atoms with Crippen molar-refractivity contribution >= 4 is 5.91 Å². The molecule has 92 valence electrons. The third kappa shape index (κ3) is 3.63. The molecule has 0 aromatic heterocycles. The van der Waals surface area contributed by atoms with Gasteiger partial charge in [0.25, 0.3) is 0 Å². The van der Waals surface area contributed by atoms with Gasteiger partial charge in [0.1, 0.15) is 0 Å². The molecule has 0 radical (unpaired) electrons. The Labute approximate surface area is 98.9 Å². The average molecular weight is 224 g/mol. The molecule has 1 N–H and O–H groups in total. The molecule has 0 aromatic rings. The Hall–Kier alpha value is -0.830. The van der Waals surface area contributed by atoms with E-state index in [1.807, 2.05) is 4.90 Å². The van der Waals surface area contributed by atoms with Crippen LogP contribution in [0.2, 0.25) is 0 Å². The summed E-state index contributed by atoms with van der Waals surface area (Å²) in [5.74, 6) is 0.233. The van der Waals surface area contributed by atoms with E-state index in [1.165, 1.54) is 12.8 Å². The molecule has 1 atom stereocenters. The first-order valence-electron chi connectivity index (χ1n) is 6.31. The van der Waals surface area contributed by atoms with E-state index in [4.69, 9.17) is 0 Å². The van der Waals surface area contributed by atoms with Crippen LogP contribution < -0.4 is 5.32 Å². The van der Waals surface area contributed by atoms with Crippen molar-refractivity contribution in [3.8, 4) is 0 Å². The molecule has 0 aliphatic carbocycles. The van der Waals surface area contributed by atoms with Crippen LogP contribution in [0.5, 0.6) is 0 Å². The van der Waals surface area contributed by atoms with Gasteiger partial charge < -0.3 is 10.2 Å². The van der Waals surface area contributed by atoms with Gasteiger partial charge in [0.2, 0.25) is 5.91 Å². The van der Waals surface area contributed by atoms with Gasteiger partial charge in [-0.2, -0.15) is 0 Å². The van der Waals surface area contributed by atoms with Crippen LogP contribution in [0.4, 0.5) is 0 Å². The molecule has 0 aromatic carbocycles. The van der Waals surface area contributed by atoms with Crippen molar-refractivity contribution in [3.63, 3.8) is 0 Å². The van der Waals surface area contributed by atoms with Gasteiger partial charge in [-0.15, -0.1) is 6.58 Å². The smallest absolute Gasteiger partial charge is 0.240 e. The van der Waals surface area contributed by atoms with Crippen molar-refractivity contribution in [2.45, 2.75) is 51.6 Å². The maximum atomic E-state index is 12.3. The molecule has 1 rings (SSSR count). The maximum absolute atomic E-state index is 12.3. The number of carbonyl (C=O) groups excluding carboxylic acids is 1. The lowest BCUT2D eigenvalue weighted by molar-refractivity contribution is -0.134. The zero-order valence-corrected chi connectivity index (χ0v) is 10.5. The number of hydrogen-bond donors (Lipinski definition) is 1. The summed E-state index contributed by atoms with van der Waals surface area (Å²) in [6.45, 7) is 9.44. The lowest BCUT2D eigenvalue weighted by Crippen LogP contribution is -2.48. The molecule has 1 fully saturated rings. The van der Waals surface area contributed by atoms with Crippen molar-refractivity contribution in [1.29, 1.82) is 0 Å². The minimum atomic E-state index is 0.0184. The second kappa shape index (κ2) is 6.69. The Morgan fingerprint density at radius 3 is 2.88 bits per heavy atom. The fraction of sp³-hybridized carbons (Fsp3) is 0.769. The highest BCUT2D eigenvalue weighted by Gasteiger charge is 2.25. The lowest BCUT2D eigenvalue weighted by Gasteiger charge is -2.29. The summed E-state index contributed by atoms with van der Waals surface area (Å²) in [6.07, 6.45) is 6.35. The number of nitrogens with one attached hydrogen (secondary N) is 1. The SMILES string of the molecule is C=CCN(C(=O)C1CCCCCN1)C(C)C. The Balaban J connectivity index is 2.60. The van der Waals surface area contributed by atoms with Gasteiger partial charge in [0.05, 0.1) is 6.04 Å². The van der Waals surface area contributed by atoms with E-state index in [2.05, 4.69) is 25.7 Å². The Kier molecular flexibility index (Phi) is 5.53. The van der Waals surface area contributed by atoms with E-state index in [1.54, 1.807) is 6.08 Å². The van der Waals surface area contributed by atoms with E-state index >= 15 is 0 Å². The van der Waals surface area contributed by atoms with E-state index in [0.29, 0.717) is 6.54 Å². The molecule has 1 unspecified atom stereocenters. The standard InChI is InChI=1S/C13H24N2O/c1-4-10-15(11(2)3)13(16)12-8-6-5-7-9-14-12/h4,11-12,14H,1,5-10H2,2-3H3. The van der Waals surface area contributed by atoms with Crippen LogP contribution in [0.25, 0.3) is 0 Å². The lowest BCUT2D eigenvalue weighted by atomic mass is 10.1. The van der Waals surface area contributed by atoms with E-state index in [-0.39, 0.29) is 18.0 Å². The molecule has 1 saturated heterocycles. The first-order valence-corrected chi connectivity index (χ1v) is 6.31. The largest absolute Gasteiger partial charge is 0.335 e. The Morgan fingerprint density at radius 1 is 1.50 bits per heavy atom.